The van der Waals surface area contributed by atoms with E-state index in [0.29, 0.717) is 0 Å². The first kappa shape index (κ1) is 39.6. The van der Waals surface area contributed by atoms with Crippen LogP contribution in [0.15, 0.2) is 0 Å². The van der Waals surface area contributed by atoms with Crippen LogP contribution in [0.25, 0.3) is 0 Å². The molecule has 3 nitrogen and oxygen atoms in total. The Kier molecular flexibility index (Phi) is 752. The Bertz CT molecular complexity index is 6.85. The topological polar surface area (TPSA) is 81.7 Å². The number of hydrogen-bond acceptors (Lipinski definition) is 2. The van der Waals surface area contributed by atoms with Crippen molar-refractivity contribution < 1.29 is 45.6 Å². The van der Waals surface area contributed by atoms with Crippen LogP contribution in [0.3, 0.4) is 0 Å². The molecule has 4 N–H and O–H groups in total. The molecule has 0 saturated heterocycles. The SMILES string of the molecule is CO.O.[Na+].[OH-]. The first-order chi connectivity index (χ1) is 1.00. The van der Waals surface area contributed by atoms with E-state index in [1.54, 1.807) is 0 Å². The summed E-state index contributed by atoms with van der Waals surface area (Å²) in [5.41, 5.74) is 0. The van der Waals surface area contributed by atoms with Gasteiger partial charge in [-0.15, -0.1) is 0 Å². The van der Waals surface area contributed by atoms with E-state index in [1.807, 2.05) is 0 Å². The van der Waals surface area contributed by atoms with E-state index in [1.165, 1.54) is 0 Å². The molecule has 0 heterocycles. The zero-order valence-corrected chi connectivity index (χ0v) is 5.39. The first-order valence-electron chi connectivity index (χ1n) is 0.447. The Hall–Kier alpha value is 0.880. The third-order valence-electron chi connectivity index (χ3n) is 0. The molecule has 0 aliphatic rings. The quantitative estimate of drug-likeness (QED) is 0.305. The largest absolute Gasteiger partial charge is 1.00 e. The molecule has 0 saturated carbocycles. The Morgan fingerprint density at radius 1 is 1.20 bits per heavy atom. The van der Waals surface area contributed by atoms with Crippen LogP contribution in [0.4, 0.5) is 0 Å². The van der Waals surface area contributed by atoms with E-state index >= 15 is 0 Å². The van der Waals surface area contributed by atoms with Crippen LogP contribution >= 0.6 is 0 Å². The Labute approximate surface area is 52.9 Å². The summed E-state index contributed by atoms with van der Waals surface area (Å²) in [7, 11) is 1.00. The second-order valence-corrected chi connectivity index (χ2v) is 0. The number of aliphatic hydroxyl groups is 1. The molecule has 0 aromatic carbocycles. The molecule has 0 rings (SSSR count). The van der Waals surface area contributed by atoms with Crippen molar-refractivity contribution in [3.05, 3.63) is 0 Å². The van der Waals surface area contributed by atoms with Crippen LogP contribution in [0, 0.1) is 0 Å². The summed E-state index contributed by atoms with van der Waals surface area (Å²) in [4.78, 5) is 0. The van der Waals surface area contributed by atoms with Gasteiger partial charge in [0.15, 0.2) is 0 Å². The average molecular weight is 90.1 g/mol. The summed E-state index contributed by atoms with van der Waals surface area (Å²) >= 11 is 0. The van der Waals surface area contributed by atoms with Crippen LogP contribution in [-0.4, -0.2) is 23.2 Å². The summed E-state index contributed by atoms with van der Waals surface area (Å²) in [6.45, 7) is 0. The van der Waals surface area contributed by atoms with Crippen LogP contribution in [-0.2, 0) is 0 Å². The maximum absolute atomic E-state index is 7.00. The maximum atomic E-state index is 7.00. The van der Waals surface area contributed by atoms with Gasteiger partial charge >= 0.3 is 29.6 Å². The number of rotatable bonds is 0. The van der Waals surface area contributed by atoms with Gasteiger partial charge in [0.25, 0.3) is 0 Å². The average Bonchev–Trinajstić information content (AvgIpc) is 1.00. The van der Waals surface area contributed by atoms with Gasteiger partial charge < -0.3 is 16.1 Å². The molecule has 0 aromatic heterocycles. The van der Waals surface area contributed by atoms with Crippen molar-refractivity contribution >= 4 is 0 Å². The van der Waals surface area contributed by atoms with E-state index in [9.17, 15) is 0 Å². The van der Waals surface area contributed by atoms with E-state index in [4.69, 9.17) is 5.11 Å². The van der Waals surface area contributed by atoms with Gasteiger partial charge in [0.1, 0.15) is 0 Å². The van der Waals surface area contributed by atoms with Crippen molar-refractivity contribution in [1.29, 1.82) is 0 Å². The monoisotopic (exact) mass is 90.0 g/mol. The second-order valence-electron chi connectivity index (χ2n) is 0. The number of aliphatic hydroxyl groups excluding tert-OH is 1. The molecule has 5 heavy (non-hydrogen) atoms. The van der Waals surface area contributed by atoms with Gasteiger partial charge in [0.2, 0.25) is 0 Å². The van der Waals surface area contributed by atoms with E-state index in [0.717, 1.165) is 7.11 Å². The van der Waals surface area contributed by atoms with Crippen LogP contribution in [0.2, 0.25) is 0 Å². The van der Waals surface area contributed by atoms with Crippen molar-refractivity contribution in [3.63, 3.8) is 0 Å². The molecule has 4 heteroatoms. The zero-order valence-electron chi connectivity index (χ0n) is 3.39. The zero-order chi connectivity index (χ0) is 2.00. The molecule has 0 fully saturated rings. The van der Waals surface area contributed by atoms with E-state index in [-0.39, 0.29) is 40.5 Å². The molecular formula is CH7NaO3. The Balaban J connectivity index is -0.00000000167. The van der Waals surface area contributed by atoms with Gasteiger partial charge in [-0.25, -0.2) is 0 Å². The fourth-order valence-electron chi connectivity index (χ4n) is 0. The van der Waals surface area contributed by atoms with Gasteiger partial charge in [-0.3, -0.25) is 0 Å². The molecular weight excluding hydrogens is 83.0 g/mol. The molecule has 0 spiro atoms. The summed E-state index contributed by atoms with van der Waals surface area (Å²) in [6.07, 6.45) is 0. The van der Waals surface area contributed by atoms with Crippen LogP contribution in [0.1, 0.15) is 0 Å². The summed E-state index contributed by atoms with van der Waals surface area (Å²) < 4.78 is 0. The van der Waals surface area contributed by atoms with Crippen LogP contribution < -0.4 is 29.6 Å². The second kappa shape index (κ2) is 94.9. The summed E-state index contributed by atoms with van der Waals surface area (Å²) in [5.74, 6) is 0. The van der Waals surface area contributed by atoms with Gasteiger partial charge in [-0.2, -0.15) is 0 Å². The molecule has 0 aliphatic carbocycles. The molecule has 0 aliphatic heterocycles. The van der Waals surface area contributed by atoms with Gasteiger partial charge in [-0.1, -0.05) is 0 Å². The van der Waals surface area contributed by atoms with E-state index in [2.05, 4.69) is 0 Å². The fraction of sp³-hybridized carbons (Fsp3) is 1.00. The van der Waals surface area contributed by atoms with Crippen LogP contribution in [0.5, 0.6) is 0 Å². The molecule has 0 atom stereocenters. The standard InChI is InChI=1S/CH4O.Na.2H2O/c1-2;;;/h2H,1H3;;2*1H2/q;+1;;/p-1. The maximum Gasteiger partial charge on any atom is 1.00 e. The van der Waals surface area contributed by atoms with Gasteiger partial charge in [0.05, 0.1) is 0 Å². The van der Waals surface area contributed by atoms with Crippen molar-refractivity contribution in [1.82, 2.24) is 0 Å². The van der Waals surface area contributed by atoms with Crippen molar-refractivity contribution in [3.8, 4) is 0 Å². The predicted molar refractivity (Wildman–Crippen MR) is 13.7 cm³/mol. The minimum Gasteiger partial charge on any atom is -0.870 e. The predicted octanol–water partition coefficient (Wildman–Crippen LogP) is -4.39. The minimum atomic E-state index is 0. The van der Waals surface area contributed by atoms with Gasteiger partial charge in [0, 0.05) is 7.11 Å². The number of hydrogen-bond donors (Lipinski definition) is 1. The summed E-state index contributed by atoms with van der Waals surface area (Å²) in [6, 6.07) is 0. The van der Waals surface area contributed by atoms with Crippen molar-refractivity contribution in [2.75, 3.05) is 7.11 Å². The van der Waals surface area contributed by atoms with E-state index < -0.39 is 0 Å². The smallest absolute Gasteiger partial charge is 0.870 e. The Morgan fingerprint density at radius 2 is 1.20 bits per heavy atom. The summed E-state index contributed by atoms with van der Waals surface area (Å²) in [5, 5.41) is 7.00. The third kappa shape index (κ3) is 52.3. The van der Waals surface area contributed by atoms with Crippen molar-refractivity contribution in [2.24, 2.45) is 0 Å². The van der Waals surface area contributed by atoms with Crippen molar-refractivity contribution in [2.45, 2.75) is 0 Å². The fourth-order valence-corrected chi connectivity index (χ4v) is 0. The normalized spacial score (nSPS) is 1.20. The molecule has 0 unspecified atom stereocenters. The molecule has 0 bridgehead atoms. The first-order valence-corrected chi connectivity index (χ1v) is 0.447. The molecule has 30 valence electrons. The molecule has 0 aromatic rings. The minimum absolute atomic E-state index is 0. The van der Waals surface area contributed by atoms with Gasteiger partial charge in [-0.05, 0) is 0 Å². The Morgan fingerprint density at radius 3 is 1.20 bits per heavy atom. The molecule has 0 amide bonds. The third-order valence-corrected chi connectivity index (χ3v) is 0. The molecule has 0 radical (unpaired) electrons.